The minimum absolute atomic E-state index is 0.0693. The summed E-state index contributed by atoms with van der Waals surface area (Å²) < 4.78 is 1.06. The van der Waals surface area contributed by atoms with Gasteiger partial charge in [0.05, 0.1) is 6.54 Å². The lowest BCUT2D eigenvalue weighted by Gasteiger charge is -2.30. The van der Waals surface area contributed by atoms with E-state index in [0.717, 1.165) is 15.7 Å². The summed E-state index contributed by atoms with van der Waals surface area (Å²) in [4.78, 5) is 14.3. The molecule has 0 heterocycles. The molecule has 110 valence electrons. The zero-order chi connectivity index (χ0) is 14.5. The van der Waals surface area contributed by atoms with E-state index in [1.807, 2.05) is 25.1 Å². The fourth-order valence-electron chi connectivity index (χ4n) is 2.80. The van der Waals surface area contributed by atoms with Crippen LogP contribution in [0.4, 0.5) is 5.69 Å². The third-order valence-electron chi connectivity index (χ3n) is 4.03. The van der Waals surface area contributed by atoms with Crippen LogP contribution >= 0.6 is 15.9 Å². The predicted molar refractivity (Wildman–Crippen MR) is 87.0 cm³/mol. The average Bonchev–Trinajstić information content (AvgIpc) is 2.44. The summed E-state index contributed by atoms with van der Waals surface area (Å²) in [7, 11) is 2.06. The number of aryl methyl sites for hydroxylation is 1. The first-order valence-electron chi connectivity index (χ1n) is 7.32. The van der Waals surface area contributed by atoms with Crippen LogP contribution in [0.5, 0.6) is 0 Å². The van der Waals surface area contributed by atoms with Crippen LogP contribution in [0, 0.1) is 6.92 Å². The Kier molecular flexibility index (Phi) is 5.61. The van der Waals surface area contributed by atoms with Crippen molar-refractivity contribution in [2.24, 2.45) is 0 Å². The number of nitrogens with zero attached hydrogens (tertiary/aromatic N) is 1. The molecule has 0 atom stereocenters. The van der Waals surface area contributed by atoms with Crippen LogP contribution in [-0.4, -0.2) is 30.4 Å². The van der Waals surface area contributed by atoms with Gasteiger partial charge in [-0.2, -0.15) is 0 Å². The van der Waals surface area contributed by atoms with Crippen LogP contribution in [0.15, 0.2) is 22.7 Å². The molecule has 0 saturated heterocycles. The Balaban J connectivity index is 1.86. The smallest absolute Gasteiger partial charge is 0.238 e. The molecule has 1 aliphatic rings. The van der Waals surface area contributed by atoms with E-state index in [-0.39, 0.29) is 5.91 Å². The van der Waals surface area contributed by atoms with Crippen LogP contribution in [-0.2, 0) is 4.79 Å². The summed E-state index contributed by atoms with van der Waals surface area (Å²) in [6, 6.07) is 6.45. The standard InChI is InChI=1S/C16H23BrN2O/c1-12-10-13(8-9-15(12)17)18-16(20)11-19(2)14-6-4-3-5-7-14/h8-10,14H,3-7,11H2,1-2H3,(H,18,20). The van der Waals surface area contributed by atoms with Gasteiger partial charge in [0.15, 0.2) is 0 Å². The molecule has 1 aromatic carbocycles. The maximum absolute atomic E-state index is 12.1. The van der Waals surface area contributed by atoms with E-state index in [4.69, 9.17) is 0 Å². The normalized spacial score (nSPS) is 16.4. The molecular formula is C16H23BrN2O. The molecule has 0 aliphatic heterocycles. The summed E-state index contributed by atoms with van der Waals surface area (Å²) in [5.74, 6) is 0.0693. The van der Waals surface area contributed by atoms with Gasteiger partial charge in [-0.25, -0.2) is 0 Å². The van der Waals surface area contributed by atoms with Gasteiger partial charge in [0.2, 0.25) is 5.91 Å². The molecule has 20 heavy (non-hydrogen) atoms. The summed E-state index contributed by atoms with van der Waals surface area (Å²) >= 11 is 3.47. The molecule has 1 saturated carbocycles. The van der Waals surface area contributed by atoms with E-state index in [1.165, 1.54) is 32.1 Å². The quantitative estimate of drug-likeness (QED) is 0.901. The number of hydrogen-bond donors (Lipinski definition) is 1. The second kappa shape index (κ2) is 7.23. The minimum Gasteiger partial charge on any atom is -0.325 e. The molecule has 4 heteroatoms. The lowest BCUT2D eigenvalue weighted by atomic mass is 9.94. The molecule has 1 N–H and O–H groups in total. The van der Waals surface area contributed by atoms with E-state index in [1.54, 1.807) is 0 Å². The molecular weight excluding hydrogens is 316 g/mol. The Morgan fingerprint density at radius 2 is 2.05 bits per heavy atom. The first-order chi connectivity index (χ1) is 9.56. The number of hydrogen-bond acceptors (Lipinski definition) is 2. The molecule has 0 radical (unpaired) electrons. The molecule has 0 aromatic heterocycles. The fraction of sp³-hybridized carbons (Fsp3) is 0.562. The molecule has 1 aromatic rings. The summed E-state index contributed by atoms with van der Waals surface area (Å²) in [6.07, 6.45) is 6.38. The molecule has 0 unspecified atom stereocenters. The van der Waals surface area contributed by atoms with E-state index in [0.29, 0.717) is 12.6 Å². The van der Waals surface area contributed by atoms with Crippen molar-refractivity contribution in [3.63, 3.8) is 0 Å². The Labute approximate surface area is 129 Å². The van der Waals surface area contributed by atoms with Crippen molar-refractivity contribution in [1.29, 1.82) is 0 Å². The minimum atomic E-state index is 0.0693. The van der Waals surface area contributed by atoms with Crippen LogP contribution in [0.1, 0.15) is 37.7 Å². The van der Waals surface area contributed by atoms with Crippen molar-refractivity contribution in [2.45, 2.75) is 45.1 Å². The van der Waals surface area contributed by atoms with Gasteiger partial charge < -0.3 is 5.32 Å². The predicted octanol–water partition coefficient (Wildman–Crippen LogP) is 3.96. The van der Waals surface area contributed by atoms with Gasteiger partial charge >= 0.3 is 0 Å². The van der Waals surface area contributed by atoms with Gasteiger partial charge in [0, 0.05) is 16.2 Å². The SMILES string of the molecule is Cc1cc(NC(=O)CN(C)C2CCCCC2)ccc1Br. The summed E-state index contributed by atoms with van der Waals surface area (Å²) in [5, 5.41) is 2.98. The number of benzene rings is 1. The largest absolute Gasteiger partial charge is 0.325 e. The number of nitrogens with one attached hydrogen (secondary N) is 1. The Hall–Kier alpha value is -0.870. The van der Waals surface area contributed by atoms with Crippen LogP contribution < -0.4 is 5.32 Å². The molecule has 1 fully saturated rings. The van der Waals surface area contributed by atoms with Crippen molar-refractivity contribution in [3.05, 3.63) is 28.2 Å². The number of rotatable bonds is 4. The molecule has 3 nitrogen and oxygen atoms in total. The van der Waals surface area contributed by atoms with Gasteiger partial charge in [-0.05, 0) is 50.6 Å². The number of halogens is 1. The van der Waals surface area contributed by atoms with Crippen LogP contribution in [0.2, 0.25) is 0 Å². The number of carbonyl (C=O) groups is 1. The summed E-state index contributed by atoms with van der Waals surface area (Å²) in [6.45, 7) is 2.49. The highest BCUT2D eigenvalue weighted by molar-refractivity contribution is 9.10. The second-order valence-electron chi connectivity index (χ2n) is 5.72. The van der Waals surface area contributed by atoms with Gasteiger partial charge in [0.1, 0.15) is 0 Å². The lowest BCUT2D eigenvalue weighted by molar-refractivity contribution is -0.117. The van der Waals surface area contributed by atoms with Crippen molar-refractivity contribution in [3.8, 4) is 0 Å². The fourth-order valence-corrected chi connectivity index (χ4v) is 3.05. The number of amides is 1. The van der Waals surface area contributed by atoms with Crippen LogP contribution in [0.3, 0.4) is 0 Å². The van der Waals surface area contributed by atoms with Gasteiger partial charge in [0.25, 0.3) is 0 Å². The maximum atomic E-state index is 12.1. The number of likely N-dealkylation sites (N-methyl/N-ethyl adjacent to an activating group) is 1. The van der Waals surface area contributed by atoms with E-state index in [9.17, 15) is 4.79 Å². The number of anilines is 1. The average molecular weight is 339 g/mol. The van der Waals surface area contributed by atoms with E-state index >= 15 is 0 Å². The van der Waals surface area contributed by atoms with Crippen LogP contribution in [0.25, 0.3) is 0 Å². The topological polar surface area (TPSA) is 32.3 Å². The van der Waals surface area contributed by atoms with E-state index < -0.39 is 0 Å². The highest BCUT2D eigenvalue weighted by atomic mass is 79.9. The highest BCUT2D eigenvalue weighted by Crippen LogP contribution is 2.22. The lowest BCUT2D eigenvalue weighted by Crippen LogP contribution is -2.39. The molecule has 2 rings (SSSR count). The first kappa shape index (κ1) is 15.5. The monoisotopic (exact) mass is 338 g/mol. The third kappa shape index (κ3) is 4.32. The van der Waals surface area contributed by atoms with Crippen molar-refractivity contribution in [2.75, 3.05) is 18.9 Å². The third-order valence-corrected chi connectivity index (χ3v) is 4.92. The molecule has 0 bridgehead atoms. The van der Waals surface area contributed by atoms with Gasteiger partial charge in [-0.3, -0.25) is 9.69 Å². The summed E-state index contributed by atoms with van der Waals surface area (Å²) in [5.41, 5.74) is 2.00. The Morgan fingerprint density at radius 3 is 2.70 bits per heavy atom. The molecule has 1 aliphatic carbocycles. The highest BCUT2D eigenvalue weighted by Gasteiger charge is 2.19. The second-order valence-corrected chi connectivity index (χ2v) is 6.57. The Morgan fingerprint density at radius 1 is 1.35 bits per heavy atom. The zero-order valence-corrected chi connectivity index (χ0v) is 13.9. The molecule has 1 amide bonds. The van der Waals surface area contributed by atoms with Crippen molar-refractivity contribution in [1.82, 2.24) is 4.90 Å². The number of carbonyl (C=O) groups excluding carboxylic acids is 1. The first-order valence-corrected chi connectivity index (χ1v) is 8.12. The Bertz CT molecular complexity index is 470. The van der Waals surface area contributed by atoms with Crippen molar-refractivity contribution < 1.29 is 4.79 Å². The maximum Gasteiger partial charge on any atom is 0.238 e. The molecule has 0 spiro atoms. The van der Waals surface area contributed by atoms with Gasteiger partial charge in [-0.1, -0.05) is 35.2 Å². The zero-order valence-electron chi connectivity index (χ0n) is 12.3. The van der Waals surface area contributed by atoms with Gasteiger partial charge in [-0.15, -0.1) is 0 Å². The van der Waals surface area contributed by atoms with Crippen molar-refractivity contribution >= 4 is 27.5 Å². The van der Waals surface area contributed by atoms with E-state index in [2.05, 4.69) is 33.2 Å².